The van der Waals surface area contributed by atoms with Gasteiger partial charge in [-0.15, -0.1) is 0 Å². The lowest BCUT2D eigenvalue weighted by atomic mass is 10.1. The zero-order chi connectivity index (χ0) is 15.4. The Morgan fingerprint density at radius 1 is 1.18 bits per heavy atom. The van der Waals surface area contributed by atoms with Crippen molar-refractivity contribution in [2.75, 3.05) is 5.32 Å². The van der Waals surface area contributed by atoms with E-state index in [9.17, 15) is 4.79 Å². The number of nitrogens with one attached hydrogen (secondary N) is 1. The Morgan fingerprint density at radius 3 is 2.73 bits per heavy atom. The second kappa shape index (κ2) is 6.58. The molecule has 3 rings (SSSR count). The molecule has 22 heavy (non-hydrogen) atoms. The zero-order valence-electron chi connectivity index (χ0n) is 11.7. The van der Waals surface area contributed by atoms with E-state index in [1.807, 2.05) is 47.2 Å². The van der Waals surface area contributed by atoms with E-state index >= 15 is 0 Å². The number of rotatable bonds is 4. The number of carbonyl (C=O) groups excluding carboxylic acids is 1. The lowest BCUT2D eigenvalue weighted by Gasteiger charge is -2.08. The van der Waals surface area contributed by atoms with Crippen molar-refractivity contribution >= 4 is 27.5 Å². The van der Waals surface area contributed by atoms with E-state index in [2.05, 4.69) is 26.2 Å². The summed E-state index contributed by atoms with van der Waals surface area (Å²) < 4.78 is 2.93. The first kappa shape index (κ1) is 14.5. The molecule has 0 aliphatic carbocycles. The molecule has 5 heteroatoms. The molecule has 0 bridgehead atoms. The second-order valence-corrected chi connectivity index (χ2v) is 5.81. The number of hydrogen-bond donors (Lipinski definition) is 1. The van der Waals surface area contributed by atoms with Crippen LogP contribution >= 0.6 is 15.9 Å². The van der Waals surface area contributed by atoms with Crippen molar-refractivity contribution < 1.29 is 4.79 Å². The fourth-order valence-corrected chi connectivity index (χ4v) is 2.41. The van der Waals surface area contributed by atoms with E-state index in [1.165, 1.54) is 0 Å². The molecular weight excluding hydrogens is 342 g/mol. The minimum absolute atomic E-state index is 0.118. The second-order valence-electron chi connectivity index (χ2n) is 4.90. The number of nitrogens with zero attached hydrogens (tertiary/aromatic N) is 2. The first-order chi connectivity index (χ1) is 10.7. The topological polar surface area (TPSA) is 46.9 Å². The van der Waals surface area contributed by atoms with Crippen LogP contribution in [0.5, 0.6) is 0 Å². The molecule has 0 aliphatic rings. The van der Waals surface area contributed by atoms with Gasteiger partial charge in [-0.3, -0.25) is 4.79 Å². The van der Waals surface area contributed by atoms with Crippen LogP contribution in [-0.2, 0) is 6.54 Å². The highest BCUT2D eigenvalue weighted by molar-refractivity contribution is 9.10. The first-order valence-electron chi connectivity index (χ1n) is 6.82. The van der Waals surface area contributed by atoms with Crippen LogP contribution in [0, 0.1) is 0 Å². The summed E-state index contributed by atoms with van der Waals surface area (Å²) in [6.07, 6.45) is 5.43. The third-order valence-electron chi connectivity index (χ3n) is 3.22. The van der Waals surface area contributed by atoms with Gasteiger partial charge in [-0.1, -0.05) is 28.1 Å². The number of imidazole rings is 1. The highest BCUT2D eigenvalue weighted by atomic mass is 79.9. The number of aromatic nitrogens is 2. The maximum Gasteiger partial charge on any atom is 0.255 e. The summed E-state index contributed by atoms with van der Waals surface area (Å²) in [7, 11) is 0. The number of anilines is 1. The fraction of sp³-hybridized carbons (Fsp3) is 0.0588. The molecule has 0 saturated carbocycles. The average molecular weight is 356 g/mol. The van der Waals surface area contributed by atoms with Crippen LogP contribution in [0.1, 0.15) is 15.9 Å². The van der Waals surface area contributed by atoms with E-state index in [0.717, 1.165) is 22.3 Å². The van der Waals surface area contributed by atoms with Crippen LogP contribution in [0.3, 0.4) is 0 Å². The Labute approximate surface area is 136 Å². The number of carbonyl (C=O) groups is 1. The standard InChI is InChI=1S/C17H14BrN3O/c18-15-6-4-14(5-7-15)17(22)20-16-3-1-2-13(10-16)11-21-9-8-19-12-21/h1-10,12H,11H2,(H,20,22). The first-order valence-corrected chi connectivity index (χ1v) is 7.61. The number of amides is 1. The SMILES string of the molecule is O=C(Nc1cccc(Cn2ccnc2)c1)c1ccc(Br)cc1. The van der Waals surface area contributed by atoms with Crippen molar-refractivity contribution in [1.29, 1.82) is 0 Å². The smallest absolute Gasteiger partial charge is 0.255 e. The van der Waals surface area contributed by atoms with E-state index in [4.69, 9.17) is 0 Å². The fourth-order valence-electron chi connectivity index (χ4n) is 2.14. The van der Waals surface area contributed by atoms with Crippen LogP contribution in [0.25, 0.3) is 0 Å². The molecule has 0 aliphatic heterocycles. The molecule has 110 valence electrons. The van der Waals surface area contributed by atoms with Crippen LogP contribution in [0.15, 0.2) is 71.7 Å². The summed E-state index contributed by atoms with van der Waals surface area (Å²) in [6, 6.07) is 15.1. The van der Waals surface area contributed by atoms with E-state index in [-0.39, 0.29) is 5.91 Å². The summed E-state index contributed by atoms with van der Waals surface area (Å²) in [4.78, 5) is 16.2. The molecule has 0 fully saturated rings. The van der Waals surface area contributed by atoms with E-state index in [1.54, 1.807) is 24.7 Å². The summed E-state index contributed by atoms with van der Waals surface area (Å²) in [5.41, 5.74) is 2.51. The van der Waals surface area contributed by atoms with E-state index < -0.39 is 0 Å². The van der Waals surface area contributed by atoms with Gasteiger partial charge in [-0.05, 0) is 42.0 Å². The molecule has 1 amide bonds. The lowest BCUT2D eigenvalue weighted by molar-refractivity contribution is 0.102. The largest absolute Gasteiger partial charge is 0.333 e. The summed E-state index contributed by atoms with van der Waals surface area (Å²) in [5.74, 6) is -0.118. The van der Waals surface area contributed by atoms with Gasteiger partial charge in [0.15, 0.2) is 0 Å². The van der Waals surface area contributed by atoms with Crippen molar-refractivity contribution in [2.45, 2.75) is 6.54 Å². The maximum atomic E-state index is 12.2. The van der Waals surface area contributed by atoms with Gasteiger partial charge in [-0.25, -0.2) is 4.98 Å². The predicted octanol–water partition coefficient (Wildman–Crippen LogP) is 3.95. The van der Waals surface area contributed by atoms with Crippen molar-refractivity contribution in [1.82, 2.24) is 9.55 Å². The predicted molar refractivity (Wildman–Crippen MR) is 89.9 cm³/mol. The van der Waals surface area contributed by atoms with Crippen LogP contribution in [0.2, 0.25) is 0 Å². The van der Waals surface area contributed by atoms with Gasteiger partial charge in [0.25, 0.3) is 5.91 Å². The molecule has 0 atom stereocenters. The maximum absolute atomic E-state index is 12.2. The van der Waals surface area contributed by atoms with Crippen LogP contribution < -0.4 is 5.32 Å². The zero-order valence-corrected chi connectivity index (χ0v) is 13.3. The van der Waals surface area contributed by atoms with Gasteiger partial charge in [0, 0.05) is 34.7 Å². The number of halogens is 1. The van der Waals surface area contributed by atoms with Crippen LogP contribution in [-0.4, -0.2) is 15.5 Å². The molecule has 3 aromatic rings. The molecular formula is C17H14BrN3O. The van der Waals surface area contributed by atoms with Gasteiger partial charge < -0.3 is 9.88 Å². The third-order valence-corrected chi connectivity index (χ3v) is 3.74. The number of hydrogen-bond acceptors (Lipinski definition) is 2. The molecule has 1 N–H and O–H groups in total. The highest BCUT2D eigenvalue weighted by Gasteiger charge is 2.06. The summed E-state index contributed by atoms with van der Waals surface area (Å²) in [6.45, 7) is 0.724. The van der Waals surface area contributed by atoms with Crippen molar-refractivity contribution in [2.24, 2.45) is 0 Å². The monoisotopic (exact) mass is 355 g/mol. The molecule has 1 heterocycles. The minimum atomic E-state index is -0.118. The van der Waals surface area contributed by atoms with Crippen molar-refractivity contribution in [3.05, 3.63) is 82.9 Å². The van der Waals surface area contributed by atoms with Gasteiger partial charge in [0.1, 0.15) is 0 Å². The average Bonchev–Trinajstić information content (AvgIpc) is 3.01. The minimum Gasteiger partial charge on any atom is -0.333 e. The van der Waals surface area contributed by atoms with Gasteiger partial charge in [-0.2, -0.15) is 0 Å². The van der Waals surface area contributed by atoms with Crippen molar-refractivity contribution in [3.63, 3.8) is 0 Å². The Morgan fingerprint density at radius 2 is 2.00 bits per heavy atom. The molecule has 4 nitrogen and oxygen atoms in total. The van der Waals surface area contributed by atoms with Gasteiger partial charge >= 0.3 is 0 Å². The third kappa shape index (κ3) is 3.62. The van der Waals surface area contributed by atoms with Crippen molar-refractivity contribution in [3.8, 4) is 0 Å². The molecule has 1 aromatic heterocycles. The molecule has 2 aromatic carbocycles. The van der Waals surface area contributed by atoms with E-state index in [0.29, 0.717) is 5.56 Å². The van der Waals surface area contributed by atoms with Gasteiger partial charge in [0.05, 0.1) is 6.33 Å². The molecule has 0 radical (unpaired) electrons. The van der Waals surface area contributed by atoms with Gasteiger partial charge in [0.2, 0.25) is 0 Å². The Balaban J connectivity index is 1.72. The quantitative estimate of drug-likeness (QED) is 0.770. The Hall–Kier alpha value is -2.40. The summed E-state index contributed by atoms with van der Waals surface area (Å²) in [5, 5.41) is 2.92. The lowest BCUT2D eigenvalue weighted by Crippen LogP contribution is -2.12. The van der Waals surface area contributed by atoms with Crippen LogP contribution in [0.4, 0.5) is 5.69 Å². The number of benzene rings is 2. The highest BCUT2D eigenvalue weighted by Crippen LogP contribution is 2.15. The Kier molecular flexibility index (Phi) is 4.34. The molecule has 0 spiro atoms. The normalized spacial score (nSPS) is 10.4. The molecule has 0 saturated heterocycles. The summed E-state index contributed by atoms with van der Waals surface area (Å²) >= 11 is 3.36. The molecule has 0 unspecified atom stereocenters. The Bertz CT molecular complexity index is 767.